The zero-order valence-electron chi connectivity index (χ0n) is 10.0. The third kappa shape index (κ3) is 3.62. The van der Waals surface area contributed by atoms with Crippen LogP contribution in [0.25, 0.3) is 0 Å². The lowest BCUT2D eigenvalue weighted by Crippen LogP contribution is -2.37. The number of anilines is 1. The molecule has 1 saturated heterocycles. The molecule has 0 atom stereocenters. The van der Waals surface area contributed by atoms with Crippen LogP contribution in [0.5, 0.6) is 0 Å². The molecule has 2 rings (SSSR count). The van der Waals surface area contributed by atoms with Crippen molar-refractivity contribution >= 4 is 43.4 Å². The van der Waals surface area contributed by atoms with Crippen molar-refractivity contribution in [2.75, 3.05) is 17.2 Å². The van der Waals surface area contributed by atoms with Crippen molar-refractivity contribution in [3.8, 4) is 0 Å². The van der Waals surface area contributed by atoms with Gasteiger partial charge in [0.2, 0.25) is 10.0 Å². The summed E-state index contributed by atoms with van der Waals surface area (Å²) in [6.45, 7) is 0. The van der Waals surface area contributed by atoms with Crippen LogP contribution in [0.15, 0.2) is 21.5 Å². The molecule has 0 amide bonds. The molecule has 1 aromatic rings. The van der Waals surface area contributed by atoms with Crippen LogP contribution in [0, 0.1) is 5.82 Å². The minimum Gasteiger partial charge on any atom is -0.396 e. The summed E-state index contributed by atoms with van der Waals surface area (Å²) < 4.78 is 40.6. The van der Waals surface area contributed by atoms with E-state index in [1.807, 2.05) is 11.8 Å². The summed E-state index contributed by atoms with van der Waals surface area (Å²) in [5.41, 5.74) is 5.25. The Bertz CT molecular complexity index is 574. The minimum atomic E-state index is -3.68. The fourth-order valence-electron chi connectivity index (χ4n) is 1.85. The quantitative estimate of drug-likeness (QED) is 0.803. The molecule has 0 spiro atoms. The average molecular weight is 369 g/mol. The van der Waals surface area contributed by atoms with E-state index in [2.05, 4.69) is 20.7 Å². The van der Waals surface area contributed by atoms with Crippen molar-refractivity contribution in [3.05, 3.63) is 22.4 Å². The summed E-state index contributed by atoms with van der Waals surface area (Å²) in [5, 5.41) is 0. The van der Waals surface area contributed by atoms with E-state index in [9.17, 15) is 12.8 Å². The van der Waals surface area contributed by atoms with Crippen LogP contribution in [0.2, 0.25) is 0 Å². The van der Waals surface area contributed by atoms with E-state index in [1.54, 1.807) is 0 Å². The summed E-state index contributed by atoms with van der Waals surface area (Å²) in [4.78, 5) is -0.0235. The number of hydrogen-bond donors (Lipinski definition) is 2. The lowest BCUT2D eigenvalue weighted by atomic mass is 10.2. The maximum Gasteiger partial charge on any atom is 0.242 e. The lowest BCUT2D eigenvalue weighted by Gasteiger charge is -2.22. The molecular formula is C11H14BrFN2O2S2. The number of nitrogen functional groups attached to an aromatic ring is 1. The largest absolute Gasteiger partial charge is 0.396 e. The highest BCUT2D eigenvalue weighted by molar-refractivity contribution is 9.10. The fraction of sp³-hybridized carbons (Fsp3) is 0.455. The molecule has 1 aliphatic rings. The van der Waals surface area contributed by atoms with Crippen molar-refractivity contribution in [2.24, 2.45) is 0 Å². The molecule has 3 N–H and O–H groups in total. The molecular weight excluding hydrogens is 355 g/mol. The SMILES string of the molecule is Nc1cc(S(=O)(=O)NC2CCSCC2)c(Br)cc1F. The van der Waals surface area contributed by atoms with Crippen LogP contribution in [0.3, 0.4) is 0 Å². The number of halogens is 2. The van der Waals surface area contributed by atoms with Crippen LogP contribution in [-0.4, -0.2) is 26.0 Å². The highest BCUT2D eigenvalue weighted by Gasteiger charge is 2.24. The van der Waals surface area contributed by atoms with E-state index in [-0.39, 0.29) is 21.1 Å². The number of thioether (sulfide) groups is 1. The maximum atomic E-state index is 13.2. The van der Waals surface area contributed by atoms with Crippen molar-refractivity contribution in [3.63, 3.8) is 0 Å². The molecule has 0 radical (unpaired) electrons. The number of nitrogens with two attached hydrogens (primary N) is 1. The Morgan fingerprint density at radius 3 is 2.63 bits per heavy atom. The molecule has 1 aromatic carbocycles. The first-order valence-electron chi connectivity index (χ1n) is 5.75. The second kappa shape index (κ2) is 5.99. The number of rotatable bonds is 3. The Morgan fingerprint density at radius 1 is 1.37 bits per heavy atom. The highest BCUT2D eigenvalue weighted by Crippen LogP contribution is 2.27. The molecule has 4 nitrogen and oxygen atoms in total. The Balaban J connectivity index is 2.26. The summed E-state index contributed by atoms with van der Waals surface area (Å²) in [7, 11) is -3.68. The molecule has 0 unspecified atom stereocenters. The van der Waals surface area contributed by atoms with Gasteiger partial charge >= 0.3 is 0 Å². The molecule has 106 valence electrons. The van der Waals surface area contributed by atoms with Gasteiger partial charge in [-0.1, -0.05) is 0 Å². The molecule has 0 saturated carbocycles. The first-order valence-corrected chi connectivity index (χ1v) is 9.18. The predicted molar refractivity (Wildman–Crippen MR) is 79.2 cm³/mol. The summed E-state index contributed by atoms with van der Waals surface area (Å²) in [5.74, 6) is 1.25. The Hall–Kier alpha value is -0.310. The monoisotopic (exact) mass is 368 g/mol. The number of nitrogens with one attached hydrogen (secondary N) is 1. The smallest absolute Gasteiger partial charge is 0.242 e. The molecule has 0 aliphatic carbocycles. The second-order valence-electron chi connectivity index (χ2n) is 4.31. The standard InChI is InChI=1S/C11H14BrFN2O2S2/c12-8-5-9(13)10(14)6-11(8)19(16,17)15-7-1-3-18-4-2-7/h5-7,15H,1-4,14H2. The third-order valence-electron chi connectivity index (χ3n) is 2.88. The van der Waals surface area contributed by atoms with Crippen LogP contribution < -0.4 is 10.5 Å². The molecule has 1 heterocycles. The third-order valence-corrected chi connectivity index (χ3v) is 6.41. The van der Waals surface area contributed by atoms with Gasteiger partial charge in [0, 0.05) is 10.5 Å². The van der Waals surface area contributed by atoms with Crippen LogP contribution in [-0.2, 0) is 10.0 Å². The van der Waals surface area contributed by atoms with Gasteiger partial charge in [0.25, 0.3) is 0 Å². The first kappa shape index (κ1) is 15.1. The van der Waals surface area contributed by atoms with Crippen molar-refractivity contribution in [1.82, 2.24) is 4.72 Å². The number of hydrogen-bond acceptors (Lipinski definition) is 4. The molecule has 19 heavy (non-hydrogen) atoms. The van der Waals surface area contributed by atoms with Crippen molar-refractivity contribution in [1.29, 1.82) is 0 Å². The lowest BCUT2D eigenvalue weighted by molar-refractivity contribution is 0.528. The van der Waals surface area contributed by atoms with Gasteiger partial charge in [-0.15, -0.1) is 0 Å². The van der Waals surface area contributed by atoms with Crippen molar-refractivity contribution in [2.45, 2.75) is 23.8 Å². The van der Waals surface area contributed by atoms with E-state index in [4.69, 9.17) is 5.73 Å². The molecule has 1 fully saturated rings. The van der Waals surface area contributed by atoms with E-state index >= 15 is 0 Å². The first-order chi connectivity index (χ1) is 8.90. The minimum absolute atomic E-state index is 0.0235. The summed E-state index contributed by atoms with van der Waals surface area (Å²) in [6, 6.07) is 2.14. The molecule has 0 bridgehead atoms. The Kier molecular flexibility index (Phi) is 4.75. The van der Waals surface area contributed by atoms with Crippen LogP contribution in [0.4, 0.5) is 10.1 Å². The highest BCUT2D eigenvalue weighted by atomic mass is 79.9. The molecule has 1 aliphatic heterocycles. The van der Waals surface area contributed by atoms with E-state index in [0.717, 1.165) is 36.5 Å². The number of benzene rings is 1. The predicted octanol–water partition coefficient (Wildman–Crippen LogP) is 2.34. The van der Waals surface area contributed by atoms with E-state index in [0.29, 0.717) is 0 Å². The average Bonchev–Trinajstić information content (AvgIpc) is 2.34. The summed E-state index contributed by atoms with van der Waals surface area (Å²) in [6.07, 6.45) is 1.61. The van der Waals surface area contributed by atoms with Gasteiger partial charge in [0.05, 0.1) is 10.6 Å². The second-order valence-corrected chi connectivity index (χ2v) is 8.07. The van der Waals surface area contributed by atoms with Crippen molar-refractivity contribution < 1.29 is 12.8 Å². The fourth-order valence-corrected chi connectivity index (χ4v) is 5.31. The van der Waals surface area contributed by atoms with Gasteiger partial charge in [-0.05, 0) is 52.4 Å². The topological polar surface area (TPSA) is 72.2 Å². The van der Waals surface area contributed by atoms with Gasteiger partial charge in [-0.3, -0.25) is 0 Å². The summed E-state index contributed by atoms with van der Waals surface area (Å²) >= 11 is 4.88. The molecule has 8 heteroatoms. The van der Waals surface area contributed by atoms with Gasteiger partial charge < -0.3 is 5.73 Å². The van der Waals surface area contributed by atoms with Crippen LogP contribution >= 0.6 is 27.7 Å². The van der Waals surface area contributed by atoms with Crippen LogP contribution in [0.1, 0.15) is 12.8 Å². The Morgan fingerprint density at radius 2 is 2.00 bits per heavy atom. The Labute approximate surface area is 124 Å². The van der Waals surface area contributed by atoms with Gasteiger partial charge in [-0.2, -0.15) is 11.8 Å². The normalized spacial score (nSPS) is 17.6. The van der Waals surface area contributed by atoms with Gasteiger partial charge in [0.15, 0.2) is 0 Å². The van der Waals surface area contributed by atoms with Gasteiger partial charge in [-0.25, -0.2) is 17.5 Å². The van der Waals surface area contributed by atoms with Gasteiger partial charge in [0.1, 0.15) is 5.82 Å². The van der Waals surface area contributed by atoms with E-state index < -0.39 is 15.8 Å². The maximum absolute atomic E-state index is 13.2. The zero-order valence-corrected chi connectivity index (χ0v) is 13.2. The zero-order chi connectivity index (χ0) is 14.0. The van der Waals surface area contributed by atoms with E-state index in [1.165, 1.54) is 0 Å². The molecule has 0 aromatic heterocycles. The number of sulfonamides is 1.